The predicted molar refractivity (Wildman–Crippen MR) is 56.4 cm³/mol. The van der Waals surface area contributed by atoms with E-state index in [4.69, 9.17) is 8.83 Å². The van der Waals surface area contributed by atoms with Crippen molar-refractivity contribution in [3.8, 4) is 11.5 Å². The van der Waals surface area contributed by atoms with Crippen molar-refractivity contribution >= 4 is 0 Å². The lowest BCUT2D eigenvalue weighted by atomic mass is 10.2. The summed E-state index contributed by atoms with van der Waals surface area (Å²) in [5, 5.41) is 3.02. The first kappa shape index (κ1) is 9.98. The minimum absolute atomic E-state index is 0.620. The quantitative estimate of drug-likeness (QED) is 0.837. The van der Waals surface area contributed by atoms with Gasteiger partial charge in [0.2, 0.25) is 5.89 Å². The van der Waals surface area contributed by atoms with Gasteiger partial charge in [0.15, 0.2) is 0 Å². The van der Waals surface area contributed by atoms with Crippen molar-refractivity contribution in [2.24, 2.45) is 0 Å². The zero-order chi connectivity index (χ0) is 10.8. The van der Waals surface area contributed by atoms with Crippen molar-refractivity contribution in [1.29, 1.82) is 0 Å². The number of rotatable bonds is 3. The molecular formula is C11H14N2O2. The molecule has 4 nitrogen and oxygen atoms in total. The van der Waals surface area contributed by atoms with E-state index in [0.29, 0.717) is 12.4 Å². The monoisotopic (exact) mass is 206 g/mol. The van der Waals surface area contributed by atoms with E-state index in [1.807, 2.05) is 27.0 Å². The Hall–Kier alpha value is -1.55. The standard InChI is InChI=1S/C11H14N2O2/c1-7-4-10(8(2)15-7)11-13-9(5-12-3)6-14-11/h4,6,12H,5H2,1-3H3. The predicted octanol–water partition coefficient (Wildman–Crippen LogP) is 2.27. The van der Waals surface area contributed by atoms with Gasteiger partial charge < -0.3 is 14.2 Å². The Morgan fingerprint density at radius 3 is 2.80 bits per heavy atom. The third kappa shape index (κ3) is 1.94. The highest BCUT2D eigenvalue weighted by molar-refractivity contribution is 5.56. The van der Waals surface area contributed by atoms with Crippen molar-refractivity contribution in [1.82, 2.24) is 10.3 Å². The maximum absolute atomic E-state index is 5.42. The molecule has 0 radical (unpaired) electrons. The summed E-state index contributed by atoms with van der Waals surface area (Å²) in [6, 6.07) is 1.93. The van der Waals surface area contributed by atoms with E-state index in [1.165, 1.54) is 0 Å². The molecule has 0 fully saturated rings. The molecule has 0 bridgehead atoms. The van der Waals surface area contributed by atoms with Crippen LogP contribution in [0.5, 0.6) is 0 Å². The Balaban J connectivity index is 2.32. The summed E-state index contributed by atoms with van der Waals surface area (Å²) in [6.07, 6.45) is 1.66. The molecule has 2 rings (SSSR count). The zero-order valence-electron chi connectivity index (χ0n) is 9.13. The summed E-state index contributed by atoms with van der Waals surface area (Å²) < 4.78 is 10.8. The van der Waals surface area contributed by atoms with Gasteiger partial charge in [0.1, 0.15) is 17.8 Å². The van der Waals surface area contributed by atoms with Gasteiger partial charge in [-0.3, -0.25) is 0 Å². The Kier molecular flexibility index (Phi) is 2.60. The molecule has 1 N–H and O–H groups in total. The van der Waals surface area contributed by atoms with Gasteiger partial charge in [-0.1, -0.05) is 0 Å². The molecule has 0 aromatic carbocycles. The van der Waals surface area contributed by atoms with Crippen LogP contribution in [0, 0.1) is 13.8 Å². The number of furan rings is 1. The summed E-state index contributed by atoms with van der Waals surface area (Å²) in [5.41, 5.74) is 1.82. The Morgan fingerprint density at radius 1 is 1.40 bits per heavy atom. The first-order valence-corrected chi connectivity index (χ1v) is 4.87. The molecule has 0 saturated carbocycles. The second kappa shape index (κ2) is 3.90. The first-order valence-electron chi connectivity index (χ1n) is 4.87. The van der Waals surface area contributed by atoms with Crippen LogP contribution in [0.2, 0.25) is 0 Å². The average molecular weight is 206 g/mol. The van der Waals surface area contributed by atoms with E-state index in [-0.39, 0.29) is 0 Å². The fourth-order valence-corrected chi connectivity index (χ4v) is 1.54. The minimum atomic E-state index is 0.620. The molecule has 15 heavy (non-hydrogen) atoms. The van der Waals surface area contributed by atoms with Crippen molar-refractivity contribution in [3.63, 3.8) is 0 Å². The van der Waals surface area contributed by atoms with Gasteiger partial charge in [0.05, 0.1) is 11.3 Å². The highest BCUT2D eigenvalue weighted by atomic mass is 16.4. The average Bonchev–Trinajstić information content (AvgIpc) is 2.73. The number of nitrogens with zero attached hydrogens (tertiary/aromatic N) is 1. The van der Waals surface area contributed by atoms with Crippen LogP contribution in [0.15, 0.2) is 21.2 Å². The number of aryl methyl sites for hydroxylation is 2. The van der Waals surface area contributed by atoms with Gasteiger partial charge in [-0.25, -0.2) is 4.98 Å². The molecule has 4 heteroatoms. The van der Waals surface area contributed by atoms with Crippen LogP contribution < -0.4 is 5.32 Å². The van der Waals surface area contributed by atoms with E-state index in [0.717, 1.165) is 22.8 Å². The first-order chi connectivity index (χ1) is 7.20. The SMILES string of the molecule is CNCc1coc(-c2cc(C)oc2C)n1. The molecule has 2 aromatic heterocycles. The van der Waals surface area contributed by atoms with Gasteiger partial charge in [0, 0.05) is 6.54 Å². The highest BCUT2D eigenvalue weighted by Gasteiger charge is 2.12. The highest BCUT2D eigenvalue weighted by Crippen LogP contribution is 2.25. The van der Waals surface area contributed by atoms with Gasteiger partial charge in [0.25, 0.3) is 0 Å². The molecule has 2 aromatic rings. The lowest BCUT2D eigenvalue weighted by molar-refractivity contribution is 0.502. The third-order valence-corrected chi connectivity index (χ3v) is 2.18. The minimum Gasteiger partial charge on any atom is -0.466 e. The van der Waals surface area contributed by atoms with Gasteiger partial charge in [-0.05, 0) is 27.0 Å². The van der Waals surface area contributed by atoms with Crippen LogP contribution in [-0.4, -0.2) is 12.0 Å². The maximum Gasteiger partial charge on any atom is 0.229 e. The number of nitrogens with one attached hydrogen (secondary N) is 1. The third-order valence-electron chi connectivity index (χ3n) is 2.18. The maximum atomic E-state index is 5.42. The molecule has 0 aliphatic heterocycles. The van der Waals surface area contributed by atoms with Crippen LogP contribution in [0.4, 0.5) is 0 Å². The van der Waals surface area contributed by atoms with E-state index in [2.05, 4.69) is 10.3 Å². The summed E-state index contributed by atoms with van der Waals surface area (Å²) in [6.45, 7) is 4.53. The molecular weight excluding hydrogens is 192 g/mol. The fraction of sp³-hybridized carbons (Fsp3) is 0.364. The lowest BCUT2D eigenvalue weighted by Crippen LogP contribution is -2.04. The number of aromatic nitrogens is 1. The number of hydrogen-bond acceptors (Lipinski definition) is 4. The number of oxazole rings is 1. The normalized spacial score (nSPS) is 10.9. The molecule has 0 aliphatic carbocycles. The van der Waals surface area contributed by atoms with Gasteiger partial charge in [-0.15, -0.1) is 0 Å². The molecule has 0 amide bonds. The van der Waals surface area contributed by atoms with Crippen LogP contribution in [0.25, 0.3) is 11.5 Å². The van der Waals surface area contributed by atoms with Crippen LogP contribution >= 0.6 is 0 Å². The molecule has 0 saturated heterocycles. The molecule has 0 aliphatic rings. The smallest absolute Gasteiger partial charge is 0.229 e. The molecule has 0 atom stereocenters. The van der Waals surface area contributed by atoms with Crippen LogP contribution in [0.3, 0.4) is 0 Å². The second-order valence-corrected chi connectivity index (χ2v) is 3.50. The van der Waals surface area contributed by atoms with Crippen molar-refractivity contribution in [2.45, 2.75) is 20.4 Å². The Labute approximate surface area is 88.3 Å². The van der Waals surface area contributed by atoms with Crippen molar-refractivity contribution < 1.29 is 8.83 Å². The van der Waals surface area contributed by atoms with E-state index in [9.17, 15) is 0 Å². The molecule has 0 unspecified atom stereocenters. The molecule has 2 heterocycles. The van der Waals surface area contributed by atoms with E-state index < -0.39 is 0 Å². The van der Waals surface area contributed by atoms with Crippen LogP contribution in [-0.2, 0) is 6.54 Å². The molecule has 0 spiro atoms. The number of hydrogen-bond donors (Lipinski definition) is 1. The van der Waals surface area contributed by atoms with Gasteiger partial charge in [-0.2, -0.15) is 0 Å². The topological polar surface area (TPSA) is 51.2 Å². The van der Waals surface area contributed by atoms with Crippen LogP contribution in [0.1, 0.15) is 17.2 Å². The Morgan fingerprint density at radius 2 is 2.20 bits per heavy atom. The van der Waals surface area contributed by atoms with Gasteiger partial charge >= 0.3 is 0 Å². The largest absolute Gasteiger partial charge is 0.466 e. The van der Waals surface area contributed by atoms with Crippen molar-refractivity contribution in [2.75, 3.05) is 7.05 Å². The summed E-state index contributed by atoms with van der Waals surface area (Å²) in [7, 11) is 1.88. The fourth-order valence-electron chi connectivity index (χ4n) is 1.54. The molecule has 80 valence electrons. The Bertz CT molecular complexity index is 457. The second-order valence-electron chi connectivity index (χ2n) is 3.50. The summed E-state index contributed by atoms with van der Waals surface area (Å²) in [5.74, 6) is 2.33. The van der Waals surface area contributed by atoms with E-state index >= 15 is 0 Å². The van der Waals surface area contributed by atoms with E-state index in [1.54, 1.807) is 6.26 Å². The summed E-state index contributed by atoms with van der Waals surface area (Å²) in [4.78, 5) is 4.36. The lowest BCUT2D eigenvalue weighted by Gasteiger charge is -1.90. The summed E-state index contributed by atoms with van der Waals surface area (Å²) >= 11 is 0. The van der Waals surface area contributed by atoms with Crippen molar-refractivity contribution in [3.05, 3.63) is 29.5 Å². The zero-order valence-corrected chi connectivity index (χ0v) is 9.13.